The third-order valence-corrected chi connectivity index (χ3v) is 3.79. The minimum absolute atomic E-state index is 0.561. The number of methoxy groups -OCH3 is 1. The number of thiophene rings is 1. The Hall–Kier alpha value is -1.36. The van der Waals surface area contributed by atoms with Crippen LogP contribution in [0.2, 0.25) is 0 Å². The topological polar surface area (TPSA) is 38.5 Å². The zero-order valence-electron chi connectivity index (χ0n) is 11.4. The van der Waals surface area contributed by atoms with Crippen molar-refractivity contribution in [2.75, 3.05) is 14.2 Å². The first kappa shape index (κ1) is 14.1. The molecule has 0 saturated heterocycles. The van der Waals surface area contributed by atoms with Gasteiger partial charge in [-0.2, -0.15) is 11.3 Å². The molecular weight excluding hydrogens is 256 g/mol. The minimum Gasteiger partial charge on any atom is -0.496 e. The number of hydrogen-bond donors (Lipinski definition) is 1. The van der Waals surface area contributed by atoms with Crippen molar-refractivity contribution in [2.24, 2.45) is 5.73 Å². The second-order valence-corrected chi connectivity index (χ2v) is 5.43. The zero-order valence-corrected chi connectivity index (χ0v) is 12.2. The molecule has 1 heterocycles. The van der Waals surface area contributed by atoms with E-state index in [4.69, 9.17) is 10.5 Å². The van der Waals surface area contributed by atoms with E-state index in [1.165, 1.54) is 11.1 Å². The van der Waals surface area contributed by atoms with Crippen molar-refractivity contribution in [1.82, 2.24) is 4.90 Å². The Bertz CT molecular complexity index is 511. The maximum Gasteiger partial charge on any atom is 0.123 e. The molecule has 0 bridgehead atoms. The number of ether oxygens (including phenoxy) is 1. The van der Waals surface area contributed by atoms with Crippen LogP contribution in [-0.2, 0) is 19.6 Å². The Morgan fingerprint density at radius 2 is 2.05 bits per heavy atom. The van der Waals surface area contributed by atoms with Gasteiger partial charge in [-0.3, -0.25) is 4.90 Å². The molecule has 3 nitrogen and oxygen atoms in total. The lowest BCUT2D eigenvalue weighted by Gasteiger charge is -2.18. The van der Waals surface area contributed by atoms with Gasteiger partial charge in [-0.05, 0) is 47.1 Å². The van der Waals surface area contributed by atoms with Gasteiger partial charge in [0.15, 0.2) is 0 Å². The zero-order chi connectivity index (χ0) is 13.7. The van der Waals surface area contributed by atoms with Crippen LogP contribution in [0.5, 0.6) is 5.75 Å². The molecular formula is C15H20N2OS. The van der Waals surface area contributed by atoms with Crippen LogP contribution in [0.1, 0.15) is 16.7 Å². The quantitative estimate of drug-likeness (QED) is 0.881. The molecule has 0 unspecified atom stereocenters. The summed E-state index contributed by atoms with van der Waals surface area (Å²) in [5, 5.41) is 4.29. The Morgan fingerprint density at radius 3 is 2.68 bits per heavy atom. The van der Waals surface area contributed by atoms with E-state index in [2.05, 4.69) is 34.8 Å². The van der Waals surface area contributed by atoms with Crippen LogP contribution in [0.3, 0.4) is 0 Å². The van der Waals surface area contributed by atoms with Crippen molar-refractivity contribution in [1.29, 1.82) is 0 Å². The first-order valence-corrected chi connectivity index (χ1v) is 7.22. The van der Waals surface area contributed by atoms with Crippen LogP contribution >= 0.6 is 11.3 Å². The molecule has 19 heavy (non-hydrogen) atoms. The van der Waals surface area contributed by atoms with Crippen LogP contribution in [0.4, 0.5) is 0 Å². The highest BCUT2D eigenvalue weighted by molar-refractivity contribution is 7.07. The lowest BCUT2D eigenvalue weighted by atomic mass is 10.1. The van der Waals surface area contributed by atoms with Gasteiger partial charge in [-0.15, -0.1) is 0 Å². The molecule has 0 aliphatic rings. The average Bonchev–Trinajstić information content (AvgIpc) is 2.91. The van der Waals surface area contributed by atoms with Crippen molar-refractivity contribution >= 4 is 11.3 Å². The van der Waals surface area contributed by atoms with Crippen molar-refractivity contribution in [3.8, 4) is 5.75 Å². The molecule has 102 valence electrons. The summed E-state index contributed by atoms with van der Waals surface area (Å²) in [6.07, 6.45) is 0. The summed E-state index contributed by atoms with van der Waals surface area (Å²) in [6.45, 7) is 2.36. The van der Waals surface area contributed by atoms with Gasteiger partial charge in [0.2, 0.25) is 0 Å². The highest BCUT2D eigenvalue weighted by Gasteiger charge is 2.08. The summed E-state index contributed by atoms with van der Waals surface area (Å²) in [5.74, 6) is 0.925. The molecule has 0 aliphatic carbocycles. The Balaban J connectivity index is 2.08. The van der Waals surface area contributed by atoms with E-state index in [-0.39, 0.29) is 0 Å². The summed E-state index contributed by atoms with van der Waals surface area (Å²) < 4.78 is 5.42. The fourth-order valence-corrected chi connectivity index (χ4v) is 2.78. The predicted octanol–water partition coefficient (Wildman–Crippen LogP) is 2.85. The molecule has 0 saturated carbocycles. The van der Waals surface area contributed by atoms with E-state index in [0.717, 1.165) is 24.4 Å². The molecule has 4 heteroatoms. The van der Waals surface area contributed by atoms with Gasteiger partial charge in [0, 0.05) is 25.2 Å². The number of rotatable bonds is 6. The standard InChI is InChI=1S/C15H20N2OS/c1-17(9-13-5-6-19-11-13)10-14-7-12(8-16)3-4-15(14)18-2/h3-7,11H,8-10,16H2,1-2H3. The van der Waals surface area contributed by atoms with Crippen molar-refractivity contribution in [3.05, 3.63) is 51.7 Å². The van der Waals surface area contributed by atoms with Crippen LogP contribution < -0.4 is 10.5 Å². The Kier molecular flexibility index (Phi) is 4.96. The Labute approximate surface area is 118 Å². The molecule has 0 aliphatic heterocycles. The van der Waals surface area contributed by atoms with Gasteiger partial charge in [-0.1, -0.05) is 6.07 Å². The highest BCUT2D eigenvalue weighted by atomic mass is 32.1. The van der Waals surface area contributed by atoms with E-state index in [9.17, 15) is 0 Å². The minimum atomic E-state index is 0.561. The summed E-state index contributed by atoms with van der Waals surface area (Å²) in [7, 11) is 3.83. The van der Waals surface area contributed by atoms with Crippen molar-refractivity contribution in [2.45, 2.75) is 19.6 Å². The molecule has 1 aromatic carbocycles. The molecule has 0 atom stereocenters. The van der Waals surface area contributed by atoms with Gasteiger partial charge in [-0.25, -0.2) is 0 Å². The molecule has 1 aromatic heterocycles. The fourth-order valence-electron chi connectivity index (χ4n) is 2.12. The number of hydrogen-bond acceptors (Lipinski definition) is 4. The van der Waals surface area contributed by atoms with Crippen LogP contribution in [0, 0.1) is 0 Å². The monoisotopic (exact) mass is 276 g/mol. The summed E-state index contributed by atoms with van der Waals surface area (Å²) in [6, 6.07) is 8.30. The van der Waals surface area contributed by atoms with Crippen LogP contribution in [0.25, 0.3) is 0 Å². The second kappa shape index (κ2) is 6.70. The van der Waals surface area contributed by atoms with E-state index < -0.39 is 0 Å². The molecule has 0 spiro atoms. The van der Waals surface area contributed by atoms with Gasteiger partial charge in [0.1, 0.15) is 5.75 Å². The normalized spacial score (nSPS) is 10.9. The maximum absolute atomic E-state index is 5.70. The van der Waals surface area contributed by atoms with Gasteiger partial charge in [0.05, 0.1) is 7.11 Å². The second-order valence-electron chi connectivity index (χ2n) is 4.65. The number of nitrogens with zero attached hydrogens (tertiary/aromatic N) is 1. The van der Waals surface area contributed by atoms with Crippen LogP contribution in [-0.4, -0.2) is 19.1 Å². The first-order valence-electron chi connectivity index (χ1n) is 6.28. The highest BCUT2D eigenvalue weighted by Crippen LogP contribution is 2.22. The van der Waals surface area contributed by atoms with E-state index in [1.807, 2.05) is 12.1 Å². The summed E-state index contributed by atoms with van der Waals surface area (Å²) >= 11 is 1.73. The third kappa shape index (κ3) is 3.80. The van der Waals surface area contributed by atoms with Gasteiger partial charge >= 0.3 is 0 Å². The third-order valence-electron chi connectivity index (χ3n) is 3.05. The predicted molar refractivity (Wildman–Crippen MR) is 80.4 cm³/mol. The lowest BCUT2D eigenvalue weighted by Crippen LogP contribution is -2.17. The molecule has 0 radical (unpaired) electrons. The lowest BCUT2D eigenvalue weighted by molar-refractivity contribution is 0.310. The van der Waals surface area contributed by atoms with Gasteiger partial charge in [0.25, 0.3) is 0 Å². The molecule has 0 fully saturated rings. The van der Waals surface area contributed by atoms with E-state index >= 15 is 0 Å². The number of nitrogens with two attached hydrogens (primary N) is 1. The average molecular weight is 276 g/mol. The fraction of sp³-hybridized carbons (Fsp3) is 0.333. The maximum atomic E-state index is 5.70. The van der Waals surface area contributed by atoms with Crippen LogP contribution in [0.15, 0.2) is 35.0 Å². The SMILES string of the molecule is COc1ccc(CN)cc1CN(C)Cc1ccsc1. The summed E-state index contributed by atoms with van der Waals surface area (Å²) in [5.41, 5.74) is 9.37. The molecule has 2 rings (SSSR count). The van der Waals surface area contributed by atoms with Crippen molar-refractivity contribution in [3.63, 3.8) is 0 Å². The first-order chi connectivity index (χ1) is 9.22. The van der Waals surface area contributed by atoms with E-state index in [1.54, 1.807) is 18.4 Å². The number of benzene rings is 1. The van der Waals surface area contributed by atoms with Crippen molar-refractivity contribution < 1.29 is 4.74 Å². The summed E-state index contributed by atoms with van der Waals surface area (Å²) in [4.78, 5) is 2.28. The molecule has 2 N–H and O–H groups in total. The molecule has 0 amide bonds. The molecule has 2 aromatic rings. The smallest absolute Gasteiger partial charge is 0.123 e. The Morgan fingerprint density at radius 1 is 1.21 bits per heavy atom. The largest absolute Gasteiger partial charge is 0.496 e. The van der Waals surface area contributed by atoms with E-state index in [0.29, 0.717) is 6.54 Å². The van der Waals surface area contributed by atoms with Gasteiger partial charge < -0.3 is 10.5 Å².